The number of ether oxygens (including phenoxy) is 1. The zero-order valence-electron chi connectivity index (χ0n) is 25.5. The van der Waals surface area contributed by atoms with Gasteiger partial charge in [-0.1, -0.05) is 49.4 Å². The Morgan fingerprint density at radius 2 is 1.68 bits per heavy atom. The van der Waals surface area contributed by atoms with Crippen LogP contribution < -0.4 is 11.1 Å². The quantitative estimate of drug-likeness (QED) is 0.265. The maximum Gasteiger partial charge on any atom is 0.419 e. The number of rotatable bonds is 9. The summed E-state index contributed by atoms with van der Waals surface area (Å²) < 4.78 is 48.1. The number of hydrogen-bond acceptors (Lipinski definition) is 6. The third kappa shape index (κ3) is 8.48. The molecule has 8 nitrogen and oxygen atoms in total. The Balaban J connectivity index is 1.54. The molecule has 1 aliphatic rings. The second-order valence-corrected chi connectivity index (χ2v) is 12.2. The third-order valence-corrected chi connectivity index (χ3v) is 7.85. The summed E-state index contributed by atoms with van der Waals surface area (Å²) >= 11 is 0. The molecular formula is C33H40F3N5O3. The molecule has 1 aliphatic heterocycles. The van der Waals surface area contributed by atoms with E-state index in [4.69, 9.17) is 10.5 Å². The third-order valence-electron chi connectivity index (χ3n) is 7.85. The molecular weight excluding hydrogens is 571 g/mol. The largest absolute Gasteiger partial charge is 0.444 e. The van der Waals surface area contributed by atoms with E-state index in [0.29, 0.717) is 18.8 Å². The van der Waals surface area contributed by atoms with Crippen LogP contribution in [-0.4, -0.2) is 45.6 Å². The van der Waals surface area contributed by atoms with E-state index in [9.17, 15) is 22.8 Å². The summed E-state index contributed by atoms with van der Waals surface area (Å²) in [4.78, 5) is 34.8. The van der Waals surface area contributed by atoms with Crippen LogP contribution in [0.25, 0.3) is 0 Å². The van der Waals surface area contributed by atoms with Gasteiger partial charge in [0.2, 0.25) is 11.9 Å². The van der Waals surface area contributed by atoms with E-state index in [2.05, 4.69) is 15.3 Å². The van der Waals surface area contributed by atoms with Crippen LogP contribution in [0.1, 0.15) is 81.2 Å². The van der Waals surface area contributed by atoms with Gasteiger partial charge < -0.3 is 20.7 Å². The minimum absolute atomic E-state index is 0.0104. The normalized spacial score (nSPS) is 15.8. The summed E-state index contributed by atoms with van der Waals surface area (Å²) in [6, 6.07) is 16.6. The van der Waals surface area contributed by atoms with Gasteiger partial charge in [-0.05, 0) is 75.6 Å². The summed E-state index contributed by atoms with van der Waals surface area (Å²) in [5.74, 6) is -2.20. The molecule has 2 atom stereocenters. The Kier molecular flexibility index (Phi) is 10.2. The van der Waals surface area contributed by atoms with Gasteiger partial charge in [-0.3, -0.25) is 4.79 Å². The molecule has 0 aliphatic carbocycles. The molecule has 44 heavy (non-hydrogen) atoms. The van der Waals surface area contributed by atoms with E-state index < -0.39 is 35.1 Å². The van der Waals surface area contributed by atoms with E-state index in [-0.39, 0.29) is 36.5 Å². The predicted octanol–water partition coefficient (Wildman–Crippen LogP) is 7.19. The van der Waals surface area contributed by atoms with Gasteiger partial charge in [0.15, 0.2) is 0 Å². The summed E-state index contributed by atoms with van der Waals surface area (Å²) in [5, 5.41) is 3.03. The Hall–Kier alpha value is -4.15. The molecule has 3 N–H and O–H groups in total. The smallest absolute Gasteiger partial charge is 0.419 e. The maximum atomic E-state index is 14.2. The van der Waals surface area contributed by atoms with Crippen molar-refractivity contribution >= 4 is 23.6 Å². The molecule has 4 rings (SSSR count). The molecule has 236 valence electrons. The van der Waals surface area contributed by atoms with Gasteiger partial charge in [-0.2, -0.15) is 13.2 Å². The van der Waals surface area contributed by atoms with Crippen molar-refractivity contribution in [1.82, 2.24) is 14.9 Å². The van der Waals surface area contributed by atoms with Crippen LogP contribution in [-0.2, 0) is 22.1 Å². The van der Waals surface area contributed by atoms with Crippen molar-refractivity contribution < 1.29 is 27.5 Å². The summed E-state index contributed by atoms with van der Waals surface area (Å²) in [5.41, 5.74) is 6.35. The van der Waals surface area contributed by atoms with E-state index in [1.807, 2.05) is 51.1 Å². The maximum absolute atomic E-state index is 14.2. The van der Waals surface area contributed by atoms with Gasteiger partial charge in [0.05, 0.1) is 11.3 Å². The zero-order valence-corrected chi connectivity index (χ0v) is 25.5. The summed E-state index contributed by atoms with van der Waals surface area (Å²) in [7, 11) is 0. The number of benzene rings is 2. The monoisotopic (exact) mass is 611 g/mol. The van der Waals surface area contributed by atoms with Crippen molar-refractivity contribution in [2.24, 2.45) is 11.7 Å². The van der Waals surface area contributed by atoms with Gasteiger partial charge in [0, 0.05) is 36.8 Å². The van der Waals surface area contributed by atoms with Crippen molar-refractivity contribution in [3.05, 3.63) is 83.2 Å². The Morgan fingerprint density at radius 3 is 2.23 bits per heavy atom. The lowest BCUT2D eigenvalue weighted by molar-refractivity contribution is -0.139. The highest BCUT2D eigenvalue weighted by atomic mass is 19.4. The van der Waals surface area contributed by atoms with Crippen LogP contribution in [0.5, 0.6) is 0 Å². The number of nitrogens with zero attached hydrogens (tertiary/aromatic N) is 3. The number of piperidine rings is 1. The molecule has 0 bridgehead atoms. The Labute approximate surface area is 256 Å². The van der Waals surface area contributed by atoms with Crippen LogP contribution in [0, 0.1) is 5.92 Å². The van der Waals surface area contributed by atoms with Crippen LogP contribution in [0.3, 0.4) is 0 Å². The number of halogens is 3. The number of aromatic nitrogens is 2. The highest BCUT2D eigenvalue weighted by molar-refractivity contribution is 5.78. The number of nitrogens with one attached hydrogen (secondary N) is 1. The number of primary amides is 1. The predicted molar refractivity (Wildman–Crippen MR) is 162 cm³/mol. The molecule has 2 amide bonds. The van der Waals surface area contributed by atoms with Gasteiger partial charge in [-0.15, -0.1) is 0 Å². The van der Waals surface area contributed by atoms with Crippen molar-refractivity contribution in [1.29, 1.82) is 0 Å². The minimum Gasteiger partial charge on any atom is -0.444 e. The number of anilines is 2. The fourth-order valence-corrected chi connectivity index (χ4v) is 5.63. The minimum atomic E-state index is -4.72. The lowest BCUT2D eigenvalue weighted by atomic mass is 9.80. The van der Waals surface area contributed by atoms with Crippen LogP contribution in [0.2, 0.25) is 0 Å². The lowest BCUT2D eigenvalue weighted by Gasteiger charge is -2.33. The van der Waals surface area contributed by atoms with Gasteiger partial charge in [-0.25, -0.2) is 14.8 Å². The molecule has 3 aromatic rings. The Bertz CT molecular complexity index is 1420. The zero-order chi connectivity index (χ0) is 32.1. The average Bonchev–Trinajstić information content (AvgIpc) is 2.96. The molecule has 0 spiro atoms. The van der Waals surface area contributed by atoms with Crippen LogP contribution in [0.15, 0.2) is 60.8 Å². The number of carbonyl (C=O) groups excluding carboxylic acids is 2. The summed E-state index contributed by atoms with van der Waals surface area (Å²) in [6.45, 7) is 8.44. The fourth-order valence-electron chi connectivity index (χ4n) is 5.63. The Morgan fingerprint density at radius 1 is 1.05 bits per heavy atom. The van der Waals surface area contributed by atoms with Crippen molar-refractivity contribution in [2.75, 3.05) is 18.4 Å². The first kappa shape index (κ1) is 32.8. The van der Waals surface area contributed by atoms with Gasteiger partial charge in [0.1, 0.15) is 5.60 Å². The van der Waals surface area contributed by atoms with E-state index in [0.717, 1.165) is 30.2 Å². The van der Waals surface area contributed by atoms with Crippen molar-refractivity contribution in [3.8, 4) is 0 Å². The second-order valence-electron chi connectivity index (χ2n) is 12.2. The second kappa shape index (κ2) is 13.7. The summed E-state index contributed by atoms with van der Waals surface area (Å²) in [6.07, 6.45) is -2.27. The number of alkyl halides is 3. The van der Waals surface area contributed by atoms with E-state index >= 15 is 0 Å². The molecule has 2 heterocycles. The molecule has 1 saturated heterocycles. The lowest BCUT2D eigenvalue weighted by Crippen LogP contribution is -2.41. The van der Waals surface area contributed by atoms with Crippen LogP contribution >= 0.6 is 0 Å². The molecule has 2 aromatic carbocycles. The number of likely N-dealkylation sites (tertiary alicyclic amines) is 1. The highest BCUT2D eigenvalue weighted by Gasteiger charge is 2.40. The first-order valence-electron chi connectivity index (χ1n) is 14.9. The number of carbonyl (C=O) groups is 2. The fraction of sp³-hybridized carbons (Fsp3) is 0.455. The SMILES string of the molecule is CCC(C(N)=O)C(Cc1ccccc1)c1nc(Nc2ccc(C3CCN(C(=O)OC(C)(C)C)CC3)cc2)ncc1C(F)(F)F. The van der Waals surface area contributed by atoms with Crippen molar-refractivity contribution in [2.45, 2.75) is 77.0 Å². The standard InChI is InChI=1S/C33H40F3N5O3/c1-5-25(29(37)42)26(19-21-9-7-6-8-10-21)28-27(33(34,35)36)20-38-30(40-28)39-24-13-11-22(12-14-24)23-15-17-41(18-16-23)31(43)44-32(2,3)4/h6-14,20,23,25-26H,5,15-19H2,1-4H3,(H2,37,42)(H,38,39,40). The molecule has 2 unspecified atom stereocenters. The topological polar surface area (TPSA) is 110 Å². The van der Waals surface area contributed by atoms with E-state index in [1.165, 1.54) is 0 Å². The van der Waals surface area contributed by atoms with Gasteiger partial charge >= 0.3 is 12.3 Å². The first-order valence-corrected chi connectivity index (χ1v) is 14.9. The molecule has 1 aromatic heterocycles. The van der Waals surface area contributed by atoms with E-state index in [1.54, 1.807) is 36.1 Å². The number of nitrogens with two attached hydrogens (primary N) is 1. The molecule has 1 fully saturated rings. The average molecular weight is 612 g/mol. The molecule has 0 saturated carbocycles. The molecule has 11 heteroatoms. The van der Waals surface area contributed by atoms with Gasteiger partial charge in [0.25, 0.3) is 0 Å². The molecule has 0 radical (unpaired) electrons. The number of hydrogen-bond donors (Lipinski definition) is 2. The first-order chi connectivity index (χ1) is 20.7. The highest BCUT2D eigenvalue weighted by Crippen LogP contribution is 2.39. The van der Waals surface area contributed by atoms with Crippen molar-refractivity contribution in [3.63, 3.8) is 0 Å². The van der Waals surface area contributed by atoms with Crippen LogP contribution in [0.4, 0.5) is 29.6 Å². The number of amides is 2.